The Morgan fingerprint density at radius 1 is 0.379 bits per heavy atom. The van der Waals surface area contributed by atoms with Gasteiger partial charge in [-0.25, -0.2) is 28.5 Å². The molecule has 0 radical (unpaired) electrons. The van der Waals surface area contributed by atoms with Crippen LogP contribution in [-0.2, 0) is 0 Å². The second-order valence-electron chi connectivity index (χ2n) is 29.2. The number of aromatic nitrogens is 10. The number of anilines is 3. The number of para-hydroxylation sites is 1. The molecule has 5 aromatic carbocycles. The number of rotatable bonds is 11. The monoisotopic (exact) mass is 1380 g/mol. The van der Waals surface area contributed by atoms with Crippen LogP contribution in [0.5, 0.6) is 0 Å². The first-order valence-electron chi connectivity index (χ1n) is 37.1. The SMILES string of the molecule is CC(=O)c1cccc2c(-c3cnn4cc(N5CCC(N6CCN(C)CC6)CC5)cnc34)cccc12.CN1CCN(C2CCN(c3cnc4c(-c5ccc(C(N)=O)c6ccccc56)cnn4c3)CC2)CC1.Cc1cc(-c2cnn3cc(N4CCC(N5CCN(C)CC5)CC4)cnc23)c2ccccc2n1. The maximum atomic E-state index is 12.1. The summed E-state index contributed by atoms with van der Waals surface area (Å²) in [6.45, 7) is 24.2. The Morgan fingerprint density at radius 2 is 0.748 bits per heavy atom. The maximum Gasteiger partial charge on any atom is 0.249 e. The van der Waals surface area contributed by atoms with E-state index in [1.165, 1.54) is 117 Å². The number of piperazine rings is 3. The number of pyridine rings is 1. The summed E-state index contributed by atoms with van der Waals surface area (Å²) < 4.78 is 5.70. The molecule has 1 amide bonds. The molecule has 2 N–H and O–H groups in total. The van der Waals surface area contributed by atoms with Gasteiger partial charge in [0.15, 0.2) is 22.7 Å². The molecule has 0 spiro atoms. The van der Waals surface area contributed by atoms with Crippen LogP contribution >= 0.6 is 0 Å². The third kappa shape index (κ3) is 14.0. The summed E-state index contributed by atoms with van der Waals surface area (Å²) in [5.41, 5.74) is 21.0. The normalized spacial score (nSPS) is 18.7. The molecule has 530 valence electrons. The van der Waals surface area contributed by atoms with Gasteiger partial charge < -0.3 is 35.1 Å². The summed E-state index contributed by atoms with van der Waals surface area (Å²) in [7, 11) is 6.65. The average Bonchev–Trinajstić information content (AvgIpc) is 1.75. The van der Waals surface area contributed by atoms with Gasteiger partial charge in [-0.05, 0) is 130 Å². The highest BCUT2D eigenvalue weighted by Crippen LogP contribution is 2.38. The van der Waals surface area contributed by atoms with Gasteiger partial charge in [0.05, 0.1) is 78.4 Å². The summed E-state index contributed by atoms with van der Waals surface area (Å²) in [6, 6.07) is 36.1. The van der Waals surface area contributed by atoms with E-state index >= 15 is 0 Å². The van der Waals surface area contributed by atoms with Crippen molar-refractivity contribution in [1.82, 2.24) is 78.2 Å². The van der Waals surface area contributed by atoms with Gasteiger partial charge in [-0.1, -0.05) is 84.9 Å². The number of piperidine rings is 3. The highest BCUT2D eigenvalue weighted by Gasteiger charge is 2.31. The van der Waals surface area contributed by atoms with Crippen molar-refractivity contribution in [1.29, 1.82) is 0 Å². The molecule has 0 aliphatic carbocycles. The number of aryl methyl sites for hydroxylation is 1. The highest BCUT2D eigenvalue weighted by molar-refractivity contribution is 6.12. The number of nitrogens with two attached hydrogens (primary N) is 1. The van der Waals surface area contributed by atoms with Gasteiger partial charge in [0, 0.05) is 175 Å². The molecular weight excluding hydrogens is 1290 g/mol. The van der Waals surface area contributed by atoms with E-state index in [1.54, 1.807) is 13.0 Å². The Bertz CT molecular complexity index is 4870. The minimum atomic E-state index is -0.424. The van der Waals surface area contributed by atoms with Crippen molar-refractivity contribution in [2.45, 2.75) is 70.5 Å². The van der Waals surface area contributed by atoms with Gasteiger partial charge in [0.25, 0.3) is 0 Å². The van der Waals surface area contributed by atoms with Gasteiger partial charge in [0.2, 0.25) is 5.91 Å². The molecule has 7 aromatic heterocycles. The van der Waals surface area contributed by atoms with E-state index in [0.29, 0.717) is 23.7 Å². The van der Waals surface area contributed by atoms with Crippen molar-refractivity contribution in [3.63, 3.8) is 0 Å². The van der Waals surface area contributed by atoms with Crippen LogP contribution in [0.3, 0.4) is 0 Å². The number of fused-ring (bicyclic) bond motifs is 6. The number of nitrogens with zero attached hydrogens (tertiary/aromatic N) is 19. The molecule has 22 heteroatoms. The molecule has 103 heavy (non-hydrogen) atoms. The molecule has 0 bridgehead atoms. The molecule has 6 fully saturated rings. The number of carbonyl (C=O) groups excluding carboxylic acids is 2. The zero-order valence-corrected chi connectivity index (χ0v) is 60.1. The number of hydrogen-bond donors (Lipinski definition) is 1. The van der Waals surface area contributed by atoms with Crippen LogP contribution in [0.4, 0.5) is 17.1 Å². The van der Waals surface area contributed by atoms with Crippen LogP contribution < -0.4 is 20.4 Å². The first-order valence-corrected chi connectivity index (χ1v) is 37.1. The molecular formula is C81H94N20O2. The van der Waals surface area contributed by atoms with Crippen LogP contribution in [0.15, 0.2) is 159 Å². The summed E-state index contributed by atoms with van der Waals surface area (Å²) in [6.07, 6.45) is 25.2. The van der Waals surface area contributed by atoms with Crippen LogP contribution in [0.25, 0.3) is 82.8 Å². The van der Waals surface area contributed by atoms with E-state index in [4.69, 9.17) is 20.7 Å². The Kier molecular flexibility index (Phi) is 19.4. The number of carbonyl (C=O) groups is 2. The Labute approximate surface area is 601 Å². The van der Waals surface area contributed by atoms with Crippen molar-refractivity contribution in [3.05, 3.63) is 176 Å². The second kappa shape index (κ2) is 29.5. The summed E-state index contributed by atoms with van der Waals surface area (Å²) in [5.74, 6) is -0.349. The van der Waals surface area contributed by atoms with E-state index in [0.717, 1.165) is 150 Å². The van der Waals surface area contributed by atoms with E-state index in [-0.39, 0.29) is 5.78 Å². The lowest BCUT2D eigenvalue weighted by Crippen LogP contribution is -2.52. The number of ketones is 1. The van der Waals surface area contributed by atoms with Gasteiger partial charge in [0.1, 0.15) is 0 Å². The summed E-state index contributed by atoms with van der Waals surface area (Å²) in [4.78, 5) is 65.9. The molecule has 18 rings (SSSR count). The number of amides is 1. The quantitative estimate of drug-likeness (QED) is 0.120. The van der Waals surface area contributed by atoms with Crippen molar-refractivity contribution in [2.24, 2.45) is 5.73 Å². The van der Waals surface area contributed by atoms with Crippen LogP contribution in [0, 0.1) is 6.92 Å². The number of Topliss-reactive ketones (excluding diaryl/α,β-unsaturated/α-hetero) is 1. The van der Waals surface area contributed by atoms with E-state index < -0.39 is 5.91 Å². The topological polar surface area (TPSA) is 193 Å². The van der Waals surface area contributed by atoms with Crippen molar-refractivity contribution >= 4 is 78.1 Å². The predicted octanol–water partition coefficient (Wildman–Crippen LogP) is 10.3. The smallest absolute Gasteiger partial charge is 0.249 e. The molecule has 0 saturated carbocycles. The van der Waals surface area contributed by atoms with Crippen molar-refractivity contribution in [3.8, 4) is 33.4 Å². The fourth-order valence-corrected chi connectivity index (χ4v) is 16.8. The molecule has 6 aliphatic heterocycles. The fourth-order valence-electron chi connectivity index (χ4n) is 16.8. The third-order valence-electron chi connectivity index (χ3n) is 22.9. The minimum absolute atomic E-state index is 0.0757. The lowest BCUT2D eigenvalue weighted by Gasteiger charge is -2.42. The predicted molar refractivity (Wildman–Crippen MR) is 412 cm³/mol. The van der Waals surface area contributed by atoms with Crippen LogP contribution in [0.1, 0.15) is 71.9 Å². The third-order valence-corrected chi connectivity index (χ3v) is 22.9. The van der Waals surface area contributed by atoms with Crippen molar-refractivity contribution < 1.29 is 9.59 Å². The minimum Gasteiger partial charge on any atom is -0.369 e. The molecule has 22 nitrogen and oxygen atoms in total. The molecule has 0 atom stereocenters. The van der Waals surface area contributed by atoms with E-state index in [9.17, 15) is 9.59 Å². The Hall–Kier alpha value is -9.81. The number of likely N-dealkylation sites (N-methyl/N-ethyl adjacent to an activating group) is 3. The Balaban J connectivity index is 0.000000119. The number of benzene rings is 5. The van der Waals surface area contributed by atoms with E-state index in [2.05, 4.69) is 141 Å². The van der Waals surface area contributed by atoms with Crippen molar-refractivity contribution in [2.75, 3.05) is 154 Å². The average molecular weight is 1380 g/mol. The van der Waals surface area contributed by atoms with Gasteiger partial charge >= 0.3 is 0 Å². The number of primary amides is 1. The molecule has 13 heterocycles. The number of hydrogen-bond acceptors (Lipinski definition) is 18. The molecule has 12 aromatic rings. The molecule has 6 saturated heterocycles. The zero-order chi connectivity index (χ0) is 70.2. The zero-order valence-electron chi connectivity index (χ0n) is 60.1. The first kappa shape index (κ1) is 67.7. The standard InChI is InChI=1S/C28H32N6O.C27H31N7O.C26H31N7/c1-20(35)23-5-3-7-25-24(23)6-4-8-26(25)27-18-30-34-19-22(17-29-28(27)34)32-11-9-21(10-12-32)33-15-13-31(2)14-16-33;1-31-12-14-33(15-13-31)19-8-10-32(11-9-19)20-16-29-27-25(17-30-34(27)18-20)23-6-7-24(26(28)35)22-5-3-2-4-21(22)23;1-19-15-23(22-5-3-4-6-25(22)29-19)24-17-28-33-18-21(16-27-26(24)33)31-9-7-20(8-10-31)32-13-11-30(2)12-14-32/h3-8,17-19,21H,9-16H2,1-2H3;2-7,16-19H,8-15H2,1H3,(H2,28,35);3-6,15-18,20H,7-14H2,1-2H3. The van der Waals surface area contributed by atoms with Gasteiger partial charge in [-0.15, -0.1) is 0 Å². The first-order chi connectivity index (χ1) is 50.3. The lowest BCUT2D eigenvalue weighted by molar-refractivity contribution is 0.0982. The Morgan fingerprint density at radius 3 is 1.18 bits per heavy atom. The van der Waals surface area contributed by atoms with Gasteiger partial charge in [-0.3, -0.25) is 29.3 Å². The molecule has 0 unspecified atom stereocenters. The maximum absolute atomic E-state index is 12.1. The lowest BCUT2D eigenvalue weighted by atomic mass is 9.95. The van der Waals surface area contributed by atoms with Crippen LogP contribution in [0.2, 0.25) is 0 Å². The second-order valence-corrected chi connectivity index (χ2v) is 29.2. The summed E-state index contributed by atoms with van der Waals surface area (Å²) in [5, 5.41) is 18.9. The van der Waals surface area contributed by atoms with Gasteiger partial charge in [-0.2, -0.15) is 15.3 Å². The molecule has 6 aliphatic rings. The largest absolute Gasteiger partial charge is 0.369 e. The highest BCUT2D eigenvalue weighted by atomic mass is 16.1. The van der Waals surface area contributed by atoms with Crippen LogP contribution in [-0.4, -0.2) is 247 Å². The van der Waals surface area contributed by atoms with E-state index in [1.807, 2.05) is 118 Å². The summed E-state index contributed by atoms with van der Waals surface area (Å²) >= 11 is 0. The fraction of sp³-hybridized carbons (Fsp3) is 0.395.